The molecule has 0 aliphatic rings. The van der Waals surface area contributed by atoms with Crippen molar-refractivity contribution in [2.45, 2.75) is 32.2 Å². The minimum Gasteiger partial charge on any atom is -0.496 e. The molecule has 1 unspecified atom stereocenters. The highest BCUT2D eigenvalue weighted by atomic mass is 16.5. The molecule has 0 heterocycles. The summed E-state index contributed by atoms with van der Waals surface area (Å²) >= 11 is 0. The Morgan fingerprint density at radius 1 is 1.18 bits per heavy atom. The van der Waals surface area contributed by atoms with Gasteiger partial charge in [0.15, 0.2) is 0 Å². The van der Waals surface area contributed by atoms with E-state index in [2.05, 4.69) is 12.2 Å². The van der Waals surface area contributed by atoms with Crippen LogP contribution in [0.2, 0.25) is 0 Å². The van der Waals surface area contributed by atoms with Crippen molar-refractivity contribution in [3.63, 3.8) is 0 Å². The molecule has 3 nitrogen and oxygen atoms in total. The van der Waals surface area contributed by atoms with E-state index in [0.717, 1.165) is 36.3 Å². The van der Waals surface area contributed by atoms with E-state index >= 15 is 0 Å². The molecule has 17 heavy (non-hydrogen) atoms. The second kappa shape index (κ2) is 7.17. The molecule has 1 atom stereocenters. The molecule has 1 N–H and O–H groups in total. The smallest absolute Gasteiger partial charge is 0.125 e. The van der Waals surface area contributed by atoms with Crippen LogP contribution < -0.4 is 14.8 Å². The van der Waals surface area contributed by atoms with Crippen molar-refractivity contribution < 1.29 is 9.47 Å². The molecular weight excluding hydrogens is 214 g/mol. The molecule has 0 aliphatic heterocycles. The van der Waals surface area contributed by atoms with Gasteiger partial charge in [-0.15, -0.1) is 0 Å². The van der Waals surface area contributed by atoms with Gasteiger partial charge >= 0.3 is 0 Å². The maximum absolute atomic E-state index is 5.39. The maximum atomic E-state index is 5.39. The molecule has 0 radical (unpaired) electrons. The first-order valence-electron chi connectivity index (χ1n) is 6.13. The van der Waals surface area contributed by atoms with Crippen LogP contribution in [0.5, 0.6) is 11.5 Å². The summed E-state index contributed by atoms with van der Waals surface area (Å²) in [6.45, 7) is 2.20. The number of nitrogens with one attached hydrogen (secondary N) is 1. The quantitative estimate of drug-likeness (QED) is 0.791. The van der Waals surface area contributed by atoms with Crippen molar-refractivity contribution in [2.24, 2.45) is 0 Å². The second-order valence-electron chi connectivity index (χ2n) is 4.07. The van der Waals surface area contributed by atoms with Gasteiger partial charge in [0, 0.05) is 11.6 Å². The summed E-state index contributed by atoms with van der Waals surface area (Å²) in [4.78, 5) is 0. The highest BCUT2D eigenvalue weighted by Gasteiger charge is 2.11. The largest absolute Gasteiger partial charge is 0.496 e. The number of rotatable bonds is 7. The Morgan fingerprint density at radius 3 is 2.18 bits per heavy atom. The Hall–Kier alpha value is -1.22. The number of hydrogen-bond acceptors (Lipinski definition) is 3. The molecule has 1 rings (SSSR count). The zero-order valence-electron chi connectivity index (χ0n) is 11.2. The minimum atomic E-state index is 0.546. The highest BCUT2D eigenvalue weighted by Crippen LogP contribution is 2.29. The summed E-state index contributed by atoms with van der Waals surface area (Å²) in [7, 11) is 5.41. The van der Waals surface area contributed by atoms with Crippen LogP contribution in [-0.4, -0.2) is 27.3 Å². The van der Waals surface area contributed by atoms with Crippen LogP contribution in [0.15, 0.2) is 18.2 Å². The van der Waals surface area contributed by atoms with Crippen molar-refractivity contribution >= 4 is 0 Å². The van der Waals surface area contributed by atoms with E-state index in [9.17, 15) is 0 Å². The average molecular weight is 237 g/mol. The van der Waals surface area contributed by atoms with Gasteiger partial charge < -0.3 is 14.8 Å². The predicted molar refractivity (Wildman–Crippen MR) is 71.0 cm³/mol. The lowest BCUT2D eigenvalue weighted by molar-refractivity contribution is 0.381. The summed E-state index contributed by atoms with van der Waals surface area (Å²) < 4.78 is 10.8. The number of ether oxygens (including phenoxy) is 2. The summed E-state index contributed by atoms with van der Waals surface area (Å²) in [5.74, 6) is 1.82. The predicted octanol–water partition coefficient (Wildman–Crippen LogP) is 2.63. The zero-order valence-corrected chi connectivity index (χ0v) is 11.2. The number of hydrogen-bond donors (Lipinski definition) is 1. The summed E-state index contributed by atoms with van der Waals surface area (Å²) in [5.41, 5.74) is 1.16. The molecule has 0 saturated carbocycles. The van der Waals surface area contributed by atoms with Gasteiger partial charge in [-0.05, 0) is 38.4 Å². The van der Waals surface area contributed by atoms with E-state index in [1.807, 2.05) is 25.2 Å². The first kappa shape index (κ1) is 13.8. The van der Waals surface area contributed by atoms with Crippen LogP contribution in [0.25, 0.3) is 0 Å². The highest BCUT2D eigenvalue weighted by molar-refractivity contribution is 5.44. The van der Waals surface area contributed by atoms with Crippen molar-refractivity contribution in [2.75, 3.05) is 21.3 Å². The third-order valence-electron chi connectivity index (χ3n) is 3.17. The van der Waals surface area contributed by atoms with E-state index in [4.69, 9.17) is 9.47 Å². The fourth-order valence-electron chi connectivity index (χ4n) is 2.05. The van der Waals surface area contributed by atoms with E-state index in [1.165, 1.54) is 0 Å². The van der Waals surface area contributed by atoms with Crippen molar-refractivity contribution in [1.82, 2.24) is 5.32 Å². The van der Waals surface area contributed by atoms with Crippen molar-refractivity contribution in [3.05, 3.63) is 23.8 Å². The van der Waals surface area contributed by atoms with E-state index in [0.29, 0.717) is 6.04 Å². The SMILES string of the molecule is CCC(CCc1c(OC)cccc1OC)NC. The Morgan fingerprint density at radius 2 is 1.76 bits per heavy atom. The van der Waals surface area contributed by atoms with Gasteiger partial charge in [-0.1, -0.05) is 13.0 Å². The lowest BCUT2D eigenvalue weighted by atomic mass is 10.0. The number of methoxy groups -OCH3 is 2. The Balaban J connectivity index is 2.80. The lowest BCUT2D eigenvalue weighted by Crippen LogP contribution is -2.24. The fraction of sp³-hybridized carbons (Fsp3) is 0.571. The Kier molecular flexibility index (Phi) is 5.84. The van der Waals surface area contributed by atoms with Crippen LogP contribution in [0, 0.1) is 0 Å². The van der Waals surface area contributed by atoms with E-state index in [-0.39, 0.29) is 0 Å². The Bertz CT molecular complexity index is 313. The fourth-order valence-corrected chi connectivity index (χ4v) is 2.05. The summed E-state index contributed by atoms with van der Waals surface area (Å²) in [5, 5.41) is 3.32. The zero-order chi connectivity index (χ0) is 12.7. The van der Waals surface area contributed by atoms with Gasteiger partial charge in [-0.2, -0.15) is 0 Å². The van der Waals surface area contributed by atoms with Crippen molar-refractivity contribution in [3.8, 4) is 11.5 Å². The average Bonchev–Trinajstić information content (AvgIpc) is 2.39. The molecular formula is C14H23NO2. The molecule has 1 aromatic carbocycles. The van der Waals surface area contributed by atoms with Gasteiger partial charge in [0.2, 0.25) is 0 Å². The van der Waals surface area contributed by atoms with Gasteiger partial charge in [-0.3, -0.25) is 0 Å². The van der Waals surface area contributed by atoms with Crippen LogP contribution in [0.3, 0.4) is 0 Å². The normalized spacial score (nSPS) is 12.2. The molecule has 3 heteroatoms. The molecule has 0 aromatic heterocycles. The molecule has 0 saturated heterocycles. The Labute approximate surface area is 104 Å². The monoisotopic (exact) mass is 237 g/mol. The molecule has 0 amide bonds. The van der Waals surface area contributed by atoms with Crippen LogP contribution in [0.1, 0.15) is 25.3 Å². The summed E-state index contributed by atoms with van der Waals surface area (Å²) in [6, 6.07) is 6.47. The van der Waals surface area contributed by atoms with Crippen LogP contribution >= 0.6 is 0 Å². The van der Waals surface area contributed by atoms with Crippen LogP contribution in [0.4, 0.5) is 0 Å². The molecule has 0 bridgehead atoms. The van der Waals surface area contributed by atoms with E-state index < -0.39 is 0 Å². The second-order valence-corrected chi connectivity index (χ2v) is 4.07. The molecule has 0 fully saturated rings. The third kappa shape index (κ3) is 3.63. The first-order valence-corrected chi connectivity index (χ1v) is 6.13. The molecule has 0 aliphatic carbocycles. The molecule has 0 spiro atoms. The topological polar surface area (TPSA) is 30.5 Å². The van der Waals surface area contributed by atoms with E-state index in [1.54, 1.807) is 14.2 Å². The van der Waals surface area contributed by atoms with Gasteiger partial charge in [0.25, 0.3) is 0 Å². The number of benzene rings is 1. The minimum absolute atomic E-state index is 0.546. The summed E-state index contributed by atoms with van der Waals surface area (Å²) in [6.07, 6.45) is 3.18. The molecule has 96 valence electrons. The van der Waals surface area contributed by atoms with Gasteiger partial charge in [0.05, 0.1) is 14.2 Å². The van der Waals surface area contributed by atoms with Gasteiger partial charge in [0.1, 0.15) is 11.5 Å². The third-order valence-corrected chi connectivity index (χ3v) is 3.17. The van der Waals surface area contributed by atoms with Crippen molar-refractivity contribution in [1.29, 1.82) is 0 Å². The first-order chi connectivity index (χ1) is 8.26. The van der Waals surface area contributed by atoms with Gasteiger partial charge in [-0.25, -0.2) is 0 Å². The maximum Gasteiger partial charge on any atom is 0.125 e. The lowest BCUT2D eigenvalue weighted by Gasteiger charge is -2.17. The van der Waals surface area contributed by atoms with Crippen LogP contribution in [-0.2, 0) is 6.42 Å². The standard InChI is InChI=1S/C14H23NO2/c1-5-11(15-2)9-10-12-13(16-3)7-6-8-14(12)17-4/h6-8,11,15H,5,9-10H2,1-4H3. The molecule has 1 aromatic rings.